The molecule has 5 heterocycles. The maximum Gasteiger partial charge on any atom is 0.352 e. The molecule has 1 saturated heterocycles. The first-order chi connectivity index (χ1) is 23.9. The number of carboxylic acid groups (broad SMARTS) is 1. The number of halogens is 3. The number of rotatable bonds is 13. The van der Waals surface area contributed by atoms with Crippen molar-refractivity contribution in [3.63, 3.8) is 0 Å². The number of carbonyl (C=O) groups is 3. The Bertz CT molecular complexity index is 2130. The predicted octanol–water partition coefficient (Wildman–Crippen LogP) is 4.61. The number of β-lactam (4-membered cyclic amide) rings is 1. The largest absolute Gasteiger partial charge is 0.477 e. The Balaban J connectivity index is 1.08. The van der Waals surface area contributed by atoms with Gasteiger partial charge in [-0.1, -0.05) is 39.7 Å². The maximum atomic E-state index is 15.3. The Morgan fingerprint density at radius 2 is 2.04 bits per heavy atom. The summed E-state index contributed by atoms with van der Waals surface area (Å²) in [6.07, 6.45) is 7.90. The fraction of sp³-hybridized carbons (Fsp3) is 0.344. The van der Waals surface area contributed by atoms with E-state index in [4.69, 9.17) is 39.2 Å². The van der Waals surface area contributed by atoms with Crippen LogP contribution >= 0.6 is 46.3 Å². The fourth-order valence-electron chi connectivity index (χ4n) is 6.34. The first-order valence-electron chi connectivity index (χ1n) is 15.5. The number of oxime groups is 1. The van der Waals surface area contributed by atoms with Crippen molar-refractivity contribution < 1.29 is 33.3 Å². The van der Waals surface area contributed by atoms with Gasteiger partial charge in [-0.3, -0.25) is 14.5 Å². The summed E-state index contributed by atoms with van der Waals surface area (Å²) in [4.78, 5) is 49.4. The van der Waals surface area contributed by atoms with E-state index in [0.29, 0.717) is 46.2 Å². The molecule has 2 aliphatic heterocycles. The van der Waals surface area contributed by atoms with Crippen LogP contribution < -0.4 is 10.3 Å². The summed E-state index contributed by atoms with van der Waals surface area (Å²) in [6, 6.07) is 4.84. The molecule has 0 spiro atoms. The summed E-state index contributed by atoms with van der Waals surface area (Å²) in [6.45, 7) is 0.303. The van der Waals surface area contributed by atoms with Crippen molar-refractivity contribution in [1.82, 2.24) is 19.1 Å². The lowest BCUT2D eigenvalue weighted by Gasteiger charge is -2.49. The van der Waals surface area contributed by atoms with Gasteiger partial charge in [0.15, 0.2) is 22.8 Å². The molecule has 1 amide bonds. The molecule has 1 aromatic carbocycles. The van der Waals surface area contributed by atoms with E-state index in [-0.39, 0.29) is 51.1 Å². The number of aliphatic carboxylic acids is 1. The van der Waals surface area contributed by atoms with Crippen LogP contribution in [0.2, 0.25) is 9.36 Å². The van der Waals surface area contributed by atoms with Crippen LogP contribution in [0.15, 0.2) is 53.2 Å². The van der Waals surface area contributed by atoms with Gasteiger partial charge < -0.3 is 21.1 Å². The minimum absolute atomic E-state index is 0.0605. The Morgan fingerprint density at radius 3 is 2.70 bits per heavy atom. The van der Waals surface area contributed by atoms with Crippen molar-refractivity contribution in [2.75, 3.05) is 18.6 Å². The van der Waals surface area contributed by atoms with Gasteiger partial charge in [-0.2, -0.15) is 0 Å². The number of ketones is 1. The zero-order valence-corrected chi connectivity index (χ0v) is 29.6. The molecule has 18 heteroatoms. The van der Waals surface area contributed by atoms with Crippen molar-refractivity contribution in [2.24, 2.45) is 17.0 Å². The van der Waals surface area contributed by atoms with Crippen LogP contribution in [0, 0.1) is 23.1 Å². The molecule has 0 radical (unpaired) electrons. The van der Waals surface area contributed by atoms with E-state index in [9.17, 15) is 19.5 Å². The monoisotopic (exact) mass is 759 g/mol. The third-order valence-electron chi connectivity index (χ3n) is 8.99. The van der Waals surface area contributed by atoms with E-state index in [1.807, 2.05) is 10.6 Å². The third kappa shape index (κ3) is 6.29. The van der Waals surface area contributed by atoms with Gasteiger partial charge in [0.1, 0.15) is 41.4 Å². The van der Waals surface area contributed by atoms with Crippen molar-refractivity contribution in [1.29, 1.82) is 5.41 Å². The molecule has 3 aromatic heterocycles. The minimum Gasteiger partial charge on any atom is -0.477 e. The number of carbonyl (C=O) groups excluding carboxylic acids is 2. The van der Waals surface area contributed by atoms with Crippen molar-refractivity contribution in [3.05, 3.63) is 80.1 Å². The second-order valence-electron chi connectivity index (χ2n) is 12.3. The highest BCUT2D eigenvalue weighted by atomic mass is 35.5. The molecule has 4 N–H and O–H groups in total. The maximum absolute atomic E-state index is 15.3. The molecule has 7 rings (SSSR count). The fourth-order valence-corrected chi connectivity index (χ4v) is 8.94. The highest BCUT2D eigenvalue weighted by molar-refractivity contribution is 8.00. The lowest BCUT2D eigenvalue weighted by Crippen LogP contribution is -2.62. The Hall–Kier alpha value is -4.25. The van der Waals surface area contributed by atoms with E-state index >= 15 is 4.39 Å². The standard InChI is InChI=1S/C32H29Cl2FN8O5S2/c1-48-39-25(26-28(34)50-32(37)38-26)23(44)11-18-29(45)43-27(31(46)47)17(14-49-30(18)43)12-41-5-4-24-40(6-7-42(24)41)13-19-20(33)9-16(10-21(19)35)22(36)8-15-2-3-15/h4-7,9-10,15,18,30,36H,2-3,8,11-14H2,1H3,(H2-,37,38,46,47)/p+1/b36-22?,39-25+/t18-,30-/m1/s1. The minimum atomic E-state index is -1.25. The molecule has 0 bridgehead atoms. The molecule has 13 nitrogen and oxygen atoms in total. The highest BCUT2D eigenvalue weighted by Crippen LogP contribution is 2.46. The third-order valence-corrected chi connectivity index (χ3v) is 11.8. The number of carboxylic acids is 1. The number of fused-ring (bicyclic) bond motifs is 2. The molecule has 0 unspecified atom stereocenters. The smallest absolute Gasteiger partial charge is 0.352 e. The molecule has 1 aliphatic carbocycles. The first kappa shape index (κ1) is 34.2. The number of nitrogens with two attached hydrogens (primary N) is 1. The van der Waals surface area contributed by atoms with E-state index in [1.54, 1.807) is 33.9 Å². The van der Waals surface area contributed by atoms with E-state index in [0.717, 1.165) is 24.2 Å². The molecule has 2 fully saturated rings. The second-order valence-corrected chi connectivity index (χ2v) is 15.4. The first-order valence-corrected chi connectivity index (χ1v) is 18.1. The van der Waals surface area contributed by atoms with Gasteiger partial charge in [0.05, 0.1) is 35.1 Å². The van der Waals surface area contributed by atoms with Crippen molar-refractivity contribution in [3.8, 4) is 0 Å². The normalized spacial score (nSPS) is 19.2. The van der Waals surface area contributed by atoms with Gasteiger partial charge in [-0.05, 0) is 48.4 Å². The van der Waals surface area contributed by atoms with Crippen LogP contribution in [0.1, 0.15) is 42.5 Å². The van der Waals surface area contributed by atoms with Crippen LogP contribution in [0.5, 0.6) is 0 Å². The number of nitrogen functional groups attached to an aromatic ring is 1. The van der Waals surface area contributed by atoms with Crippen LogP contribution in [-0.4, -0.2) is 71.5 Å². The van der Waals surface area contributed by atoms with Crippen LogP contribution in [0.25, 0.3) is 5.65 Å². The summed E-state index contributed by atoms with van der Waals surface area (Å²) < 4.78 is 20.9. The number of nitrogens with zero attached hydrogens (tertiary/aromatic N) is 6. The number of imidazole rings is 1. The lowest BCUT2D eigenvalue weighted by molar-refractivity contribution is -0.662. The number of benzene rings is 1. The Kier molecular flexibility index (Phi) is 9.21. The Morgan fingerprint density at radius 1 is 1.26 bits per heavy atom. The molecule has 260 valence electrons. The number of hydrogen-bond donors (Lipinski definition) is 3. The number of nitrogens with one attached hydrogen (secondary N) is 1. The highest BCUT2D eigenvalue weighted by Gasteiger charge is 2.54. The number of thioether (sulfide) groups is 1. The van der Waals surface area contributed by atoms with Gasteiger partial charge >= 0.3 is 11.6 Å². The van der Waals surface area contributed by atoms with Crippen LogP contribution in [0.4, 0.5) is 9.52 Å². The topological polar surface area (TPSA) is 172 Å². The summed E-state index contributed by atoms with van der Waals surface area (Å²) in [5.74, 6) is -2.74. The molecule has 1 saturated carbocycles. The van der Waals surface area contributed by atoms with Crippen molar-refractivity contribution >= 4 is 86.2 Å². The zero-order valence-electron chi connectivity index (χ0n) is 26.4. The molecule has 4 aromatic rings. The average Bonchev–Trinajstić information content (AvgIpc) is 3.51. The number of Topliss-reactive ketones (excluding diaryl/α,β-unsaturated/α-hetero) is 1. The van der Waals surface area contributed by atoms with Crippen LogP contribution in [0.3, 0.4) is 0 Å². The summed E-state index contributed by atoms with van der Waals surface area (Å²) in [5, 5.41) is 22.2. The van der Waals surface area contributed by atoms with Gasteiger partial charge in [0, 0.05) is 23.4 Å². The molecule has 3 aliphatic rings. The van der Waals surface area contributed by atoms with E-state index < -0.39 is 34.8 Å². The summed E-state index contributed by atoms with van der Waals surface area (Å²) >= 11 is 15.1. The lowest BCUT2D eigenvalue weighted by atomic mass is 9.89. The van der Waals surface area contributed by atoms with Gasteiger partial charge in [0.2, 0.25) is 5.91 Å². The summed E-state index contributed by atoms with van der Waals surface area (Å²) in [7, 11) is 1.26. The van der Waals surface area contributed by atoms with Gasteiger partial charge in [-0.25, -0.2) is 23.4 Å². The number of aromatic nitrogens is 4. The number of anilines is 1. The number of thiazole rings is 1. The Labute approximate surface area is 302 Å². The SMILES string of the molecule is CO/N=C(\C(=O)C[C@@H]1C(=O)N2C(C(=O)O)=C(Cn3ccc4n3cc[n+]4Cc3c(F)cc(C(=N)CC4CC4)cc3Cl)CS[C@H]12)c1nc(N)sc1Cl. The van der Waals surface area contributed by atoms with E-state index in [2.05, 4.69) is 10.1 Å². The zero-order chi connectivity index (χ0) is 35.4. The number of hydrogen-bond acceptors (Lipinski definition) is 10. The van der Waals surface area contributed by atoms with Crippen LogP contribution in [-0.2, 0) is 32.3 Å². The van der Waals surface area contributed by atoms with E-state index in [1.165, 1.54) is 29.8 Å². The number of amides is 1. The van der Waals surface area contributed by atoms with Gasteiger partial charge in [-0.15, -0.1) is 16.3 Å². The molecule has 50 heavy (non-hydrogen) atoms. The molecular weight excluding hydrogens is 730 g/mol. The summed E-state index contributed by atoms with van der Waals surface area (Å²) in [5.41, 5.74) is 7.90. The second kappa shape index (κ2) is 13.5. The molecule has 2 atom stereocenters. The quantitative estimate of drug-likeness (QED) is 0.0768. The van der Waals surface area contributed by atoms with Gasteiger partial charge in [0.25, 0.3) is 0 Å². The predicted molar refractivity (Wildman–Crippen MR) is 186 cm³/mol. The molecular formula is C32H30Cl2FN8O5S2+. The average molecular weight is 761 g/mol. The van der Waals surface area contributed by atoms with Crippen molar-refractivity contribution in [2.45, 2.75) is 44.1 Å².